The number of hydrogen-bond acceptors (Lipinski definition) is 4. The van der Waals surface area contributed by atoms with E-state index in [2.05, 4.69) is 21.8 Å². The molecule has 1 aromatic rings. The highest BCUT2D eigenvalue weighted by molar-refractivity contribution is 5.41. The van der Waals surface area contributed by atoms with Gasteiger partial charge in [-0.25, -0.2) is 4.98 Å². The summed E-state index contributed by atoms with van der Waals surface area (Å²) in [6.45, 7) is 4.43. The van der Waals surface area contributed by atoms with Gasteiger partial charge in [0.15, 0.2) is 0 Å². The molecule has 0 bridgehead atoms. The molecule has 4 nitrogen and oxygen atoms in total. The van der Waals surface area contributed by atoms with Gasteiger partial charge in [-0.3, -0.25) is 4.98 Å². The summed E-state index contributed by atoms with van der Waals surface area (Å²) in [4.78, 5) is 10.6. The van der Waals surface area contributed by atoms with Crippen molar-refractivity contribution in [1.82, 2.24) is 9.97 Å². The van der Waals surface area contributed by atoms with Gasteiger partial charge in [0.05, 0.1) is 12.4 Å². The highest BCUT2D eigenvalue weighted by Crippen LogP contribution is 2.20. The Morgan fingerprint density at radius 2 is 2.07 bits per heavy atom. The summed E-state index contributed by atoms with van der Waals surface area (Å²) in [6.07, 6.45) is 5.83. The van der Waals surface area contributed by atoms with Crippen LogP contribution in [0.2, 0.25) is 0 Å². The van der Waals surface area contributed by atoms with Crippen LogP contribution >= 0.6 is 0 Å². The van der Waals surface area contributed by atoms with Crippen molar-refractivity contribution >= 4 is 11.6 Å². The summed E-state index contributed by atoms with van der Waals surface area (Å²) in [7, 11) is 0. The standard InChI is InChI=1S/C10H16N4/c1-8-2-4-14(5-3-8)10-7-12-6-9(11)13-10/h6-8H,2-5H2,1H3,(H2,11,13). The minimum atomic E-state index is 0.501. The SMILES string of the molecule is CC1CCN(c2cncc(N)n2)CC1. The molecule has 0 atom stereocenters. The Balaban J connectivity index is 2.08. The molecular weight excluding hydrogens is 176 g/mol. The van der Waals surface area contributed by atoms with Gasteiger partial charge in [0.2, 0.25) is 0 Å². The summed E-state index contributed by atoms with van der Waals surface area (Å²) >= 11 is 0. The maximum absolute atomic E-state index is 5.59. The van der Waals surface area contributed by atoms with Crippen molar-refractivity contribution in [3.8, 4) is 0 Å². The Hall–Kier alpha value is -1.32. The van der Waals surface area contributed by atoms with Crippen molar-refractivity contribution < 1.29 is 0 Å². The number of aromatic nitrogens is 2. The number of piperidine rings is 1. The lowest BCUT2D eigenvalue weighted by atomic mass is 9.99. The van der Waals surface area contributed by atoms with E-state index in [9.17, 15) is 0 Å². The quantitative estimate of drug-likeness (QED) is 0.728. The van der Waals surface area contributed by atoms with Crippen molar-refractivity contribution in [2.24, 2.45) is 5.92 Å². The smallest absolute Gasteiger partial charge is 0.149 e. The van der Waals surface area contributed by atoms with Crippen molar-refractivity contribution in [2.75, 3.05) is 23.7 Å². The summed E-state index contributed by atoms with van der Waals surface area (Å²) in [5.74, 6) is 2.25. The largest absolute Gasteiger partial charge is 0.382 e. The fraction of sp³-hybridized carbons (Fsp3) is 0.600. The molecule has 0 aromatic carbocycles. The number of rotatable bonds is 1. The van der Waals surface area contributed by atoms with Gasteiger partial charge in [-0.1, -0.05) is 6.92 Å². The molecule has 2 rings (SSSR count). The molecule has 1 fully saturated rings. The second-order valence-corrected chi connectivity index (χ2v) is 3.97. The average Bonchev–Trinajstić information content (AvgIpc) is 2.19. The van der Waals surface area contributed by atoms with E-state index >= 15 is 0 Å². The molecule has 0 aliphatic carbocycles. The maximum atomic E-state index is 5.59. The summed E-state index contributed by atoms with van der Waals surface area (Å²) in [6, 6.07) is 0. The predicted molar refractivity (Wildman–Crippen MR) is 57.1 cm³/mol. The lowest BCUT2D eigenvalue weighted by Gasteiger charge is -2.30. The number of nitrogens with zero attached hydrogens (tertiary/aromatic N) is 3. The lowest BCUT2D eigenvalue weighted by molar-refractivity contribution is 0.436. The fourth-order valence-corrected chi connectivity index (χ4v) is 1.76. The molecule has 1 aliphatic heterocycles. The van der Waals surface area contributed by atoms with E-state index in [1.54, 1.807) is 12.4 Å². The van der Waals surface area contributed by atoms with E-state index in [0.717, 1.165) is 24.8 Å². The Bertz CT molecular complexity index is 305. The average molecular weight is 192 g/mol. The van der Waals surface area contributed by atoms with Gasteiger partial charge in [0.1, 0.15) is 11.6 Å². The van der Waals surface area contributed by atoms with E-state index in [0.29, 0.717) is 5.82 Å². The highest BCUT2D eigenvalue weighted by atomic mass is 15.2. The Labute approximate surface area is 84.2 Å². The van der Waals surface area contributed by atoms with Crippen molar-refractivity contribution in [3.63, 3.8) is 0 Å². The topological polar surface area (TPSA) is 55.0 Å². The highest BCUT2D eigenvalue weighted by Gasteiger charge is 2.16. The number of nitrogens with two attached hydrogens (primary N) is 1. The molecular formula is C10H16N4. The fourth-order valence-electron chi connectivity index (χ4n) is 1.76. The van der Waals surface area contributed by atoms with E-state index in [-0.39, 0.29) is 0 Å². The summed E-state index contributed by atoms with van der Waals surface area (Å²) in [5.41, 5.74) is 5.59. The van der Waals surface area contributed by atoms with Gasteiger partial charge in [-0.15, -0.1) is 0 Å². The van der Waals surface area contributed by atoms with E-state index in [4.69, 9.17) is 5.73 Å². The monoisotopic (exact) mass is 192 g/mol. The Kier molecular flexibility index (Phi) is 2.52. The predicted octanol–water partition coefficient (Wildman–Crippen LogP) is 1.30. The molecule has 4 heteroatoms. The first-order chi connectivity index (χ1) is 6.75. The van der Waals surface area contributed by atoms with Crippen LogP contribution in [0.5, 0.6) is 0 Å². The van der Waals surface area contributed by atoms with Crippen molar-refractivity contribution in [1.29, 1.82) is 0 Å². The first-order valence-corrected chi connectivity index (χ1v) is 5.08. The third-order valence-corrected chi connectivity index (χ3v) is 2.75. The molecule has 2 heterocycles. The zero-order chi connectivity index (χ0) is 9.97. The van der Waals surface area contributed by atoms with Crippen LogP contribution in [0.3, 0.4) is 0 Å². The van der Waals surface area contributed by atoms with Crippen molar-refractivity contribution in [2.45, 2.75) is 19.8 Å². The third-order valence-electron chi connectivity index (χ3n) is 2.75. The first kappa shape index (κ1) is 9.24. The van der Waals surface area contributed by atoms with Crippen LogP contribution in [0.1, 0.15) is 19.8 Å². The zero-order valence-electron chi connectivity index (χ0n) is 8.48. The second-order valence-electron chi connectivity index (χ2n) is 3.97. The number of hydrogen-bond donors (Lipinski definition) is 1. The number of nitrogen functional groups attached to an aromatic ring is 1. The van der Waals surface area contributed by atoms with Gasteiger partial charge in [-0.05, 0) is 18.8 Å². The molecule has 1 aromatic heterocycles. The van der Waals surface area contributed by atoms with E-state index in [1.807, 2.05) is 0 Å². The van der Waals surface area contributed by atoms with Crippen LogP contribution < -0.4 is 10.6 Å². The second kappa shape index (κ2) is 3.82. The molecule has 0 amide bonds. The maximum Gasteiger partial charge on any atom is 0.149 e. The van der Waals surface area contributed by atoms with Gasteiger partial charge in [0.25, 0.3) is 0 Å². The van der Waals surface area contributed by atoms with Crippen LogP contribution in [-0.4, -0.2) is 23.1 Å². The minimum absolute atomic E-state index is 0.501. The van der Waals surface area contributed by atoms with Crippen molar-refractivity contribution in [3.05, 3.63) is 12.4 Å². The van der Waals surface area contributed by atoms with Gasteiger partial charge < -0.3 is 10.6 Å². The molecule has 14 heavy (non-hydrogen) atoms. The molecule has 0 unspecified atom stereocenters. The van der Waals surface area contributed by atoms with Gasteiger partial charge in [-0.2, -0.15) is 0 Å². The first-order valence-electron chi connectivity index (χ1n) is 5.08. The van der Waals surface area contributed by atoms with E-state index < -0.39 is 0 Å². The lowest BCUT2D eigenvalue weighted by Crippen LogP contribution is -2.33. The number of anilines is 2. The van der Waals surface area contributed by atoms with Crippen LogP contribution in [0.4, 0.5) is 11.6 Å². The summed E-state index contributed by atoms with van der Waals surface area (Å²) < 4.78 is 0. The molecule has 2 N–H and O–H groups in total. The molecule has 1 saturated heterocycles. The van der Waals surface area contributed by atoms with Gasteiger partial charge in [0, 0.05) is 13.1 Å². The van der Waals surface area contributed by atoms with E-state index in [1.165, 1.54) is 12.8 Å². The summed E-state index contributed by atoms with van der Waals surface area (Å²) in [5, 5.41) is 0. The molecule has 0 radical (unpaired) electrons. The Morgan fingerprint density at radius 1 is 1.36 bits per heavy atom. The normalized spacial score (nSPS) is 18.5. The zero-order valence-corrected chi connectivity index (χ0v) is 8.48. The molecule has 1 aliphatic rings. The molecule has 0 spiro atoms. The molecule has 0 saturated carbocycles. The van der Waals surface area contributed by atoms with Gasteiger partial charge >= 0.3 is 0 Å². The van der Waals surface area contributed by atoms with Crippen LogP contribution in [0.15, 0.2) is 12.4 Å². The van der Waals surface area contributed by atoms with Crippen LogP contribution in [0, 0.1) is 5.92 Å². The molecule has 76 valence electrons. The van der Waals surface area contributed by atoms with Crippen LogP contribution in [0.25, 0.3) is 0 Å². The Morgan fingerprint density at radius 3 is 2.71 bits per heavy atom. The minimum Gasteiger partial charge on any atom is -0.382 e. The third kappa shape index (κ3) is 1.95. The van der Waals surface area contributed by atoms with Crippen LogP contribution in [-0.2, 0) is 0 Å².